The minimum Gasteiger partial charge on any atom is -0.493 e. The van der Waals surface area contributed by atoms with Crippen LogP contribution < -0.4 is 15.0 Å². The van der Waals surface area contributed by atoms with Crippen molar-refractivity contribution in [2.24, 2.45) is 0 Å². The second kappa shape index (κ2) is 5.88. The Kier molecular flexibility index (Phi) is 4.21. The molecule has 0 unspecified atom stereocenters. The zero-order valence-electron chi connectivity index (χ0n) is 11.6. The van der Waals surface area contributed by atoms with Crippen LogP contribution >= 0.6 is 11.3 Å². The van der Waals surface area contributed by atoms with Crippen LogP contribution in [0.5, 0.6) is 5.75 Å². The molecule has 2 aromatic rings. The fourth-order valence-corrected chi connectivity index (χ4v) is 2.36. The van der Waals surface area contributed by atoms with Gasteiger partial charge < -0.3 is 15.0 Å². The van der Waals surface area contributed by atoms with E-state index in [1.807, 2.05) is 44.2 Å². The highest BCUT2D eigenvalue weighted by molar-refractivity contribution is 7.15. The van der Waals surface area contributed by atoms with Crippen LogP contribution in [0.15, 0.2) is 18.3 Å². The van der Waals surface area contributed by atoms with Crippen LogP contribution in [0.3, 0.4) is 0 Å². The molecule has 19 heavy (non-hydrogen) atoms. The van der Waals surface area contributed by atoms with Crippen molar-refractivity contribution in [2.75, 3.05) is 31.4 Å². The maximum absolute atomic E-state index is 5.29. The van der Waals surface area contributed by atoms with Crippen molar-refractivity contribution >= 4 is 22.3 Å². The molecule has 2 rings (SSSR count). The molecule has 5 nitrogen and oxygen atoms in total. The van der Waals surface area contributed by atoms with E-state index >= 15 is 0 Å². The SMILES string of the molecule is COc1ccc(C)nc1NCc1cnc(N(C)C)s1. The molecule has 0 spiro atoms. The number of methoxy groups -OCH3 is 1. The third-order valence-electron chi connectivity index (χ3n) is 2.57. The standard InChI is InChI=1S/C13H18N4OS/c1-9-5-6-11(18-4)12(16-9)14-7-10-8-15-13(19-10)17(2)3/h5-6,8H,7H2,1-4H3,(H,14,16). The van der Waals surface area contributed by atoms with Crippen molar-refractivity contribution in [1.82, 2.24) is 9.97 Å². The van der Waals surface area contributed by atoms with Gasteiger partial charge in [-0.15, -0.1) is 11.3 Å². The van der Waals surface area contributed by atoms with Gasteiger partial charge >= 0.3 is 0 Å². The zero-order chi connectivity index (χ0) is 13.8. The number of nitrogens with one attached hydrogen (secondary N) is 1. The number of hydrogen-bond acceptors (Lipinski definition) is 6. The molecule has 0 atom stereocenters. The summed E-state index contributed by atoms with van der Waals surface area (Å²) in [4.78, 5) is 11.9. The van der Waals surface area contributed by atoms with Gasteiger partial charge in [0.15, 0.2) is 16.7 Å². The van der Waals surface area contributed by atoms with Crippen molar-refractivity contribution in [3.63, 3.8) is 0 Å². The number of ether oxygens (including phenoxy) is 1. The predicted molar refractivity (Wildman–Crippen MR) is 79.3 cm³/mol. The summed E-state index contributed by atoms with van der Waals surface area (Å²) >= 11 is 1.66. The predicted octanol–water partition coefficient (Wildman–Crippen LogP) is 2.53. The molecule has 2 heterocycles. The molecule has 0 fully saturated rings. The number of rotatable bonds is 5. The Morgan fingerprint density at radius 1 is 1.37 bits per heavy atom. The van der Waals surface area contributed by atoms with Gasteiger partial charge in [-0.3, -0.25) is 0 Å². The largest absolute Gasteiger partial charge is 0.493 e. The first kappa shape index (κ1) is 13.6. The van der Waals surface area contributed by atoms with Crippen LogP contribution in [0.4, 0.5) is 10.9 Å². The topological polar surface area (TPSA) is 50.3 Å². The summed E-state index contributed by atoms with van der Waals surface area (Å²) in [5.74, 6) is 1.52. The molecular formula is C13H18N4OS. The molecule has 0 aliphatic heterocycles. The Hall–Kier alpha value is -1.82. The smallest absolute Gasteiger partial charge is 0.185 e. The van der Waals surface area contributed by atoms with Gasteiger partial charge in [0.1, 0.15) is 0 Å². The highest BCUT2D eigenvalue weighted by Crippen LogP contribution is 2.25. The Morgan fingerprint density at radius 3 is 2.79 bits per heavy atom. The molecule has 0 bridgehead atoms. The number of anilines is 2. The van der Waals surface area contributed by atoms with Crippen molar-refractivity contribution in [3.05, 3.63) is 28.9 Å². The summed E-state index contributed by atoms with van der Waals surface area (Å²) in [5.41, 5.74) is 0.960. The molecular weight excluding hydrogens is 260 g/mol. The first-order chi connectivity index (χ1) is 9.10. The van der Waals surface area contributed by atoms with Crippen LogP contribution in [-0.4, -0.2) is 31.2 Å². The highest BCUT2D eigenvalue weighted by atomic mass is 32.1. The summed E-state index contributed by atoms with van der Waals surface area (Å²) in [6, 6.07) is 3.85. The molecule has 1 N–H and O–H groups in total. The Labute approximate surface area is 117 Å². The third-order valence-corrected chi connectivity index (χ3v) is 3.74. The van der Waals surface area contributed by atoms with Crippen LogP contribution in [0, 0.1) is 6.92 Å². The quantitative estimate of drug-likeness (QED) is 0.911. The second-order valence-electron chi connectivity index (χ2n) is 4.36. The Morgan fingerprint density at radius 2 is 2.16 bits per heavy atom. The normalized spacial score (nSPS) is 10.3. The Balaban J connectivity index is 2.07. The summed E-state index contributed by atoms with van der Waals surface area (Å²) in [6.07, 6.45) is 1.88. The molecule has 6 heteroatoms. The first-order valence-electron chi connectivity index (χ1n) is 5.97. The lowest BCUT2D eigenvalue weighted by Crippen LogP contribution is -2.07. The monoisotopic (exact) mass is 278 g/mol. The van der Waals surface area contributed by atoms with E-state index in [0.717, 1.165) is 27.3 Å². The van der Waals surface area contributed by atoms with Gasteiger partial charge in [0.25, 0.3) is 0 Å². The molecule has 0 radical (unpaired) electrons. The molecule has 0 aliphatic carbocycles. The van der Waals surface area contributed by atoms with Crippen molar-refractivity contribution in [2.45, 2.75) is 13.5 Å². The van der Waals surface area contributed by atoms with Crippen LogP contribution in [-0.2, 0) is 6.54 Å². The minimum atomic E-state index is 0.693. The van der Waals surface area contributed by atoms with Gasteiger partial charge in [0.2, 0.25) is 0 Å². The van der Waals surface area contributed by atoms with Crippen molar-refractivity contribution in [1.29, 1.82) is 0 Å². The number of hydrogen-bond donors (Lipinski definition) is 1. The second-order valence-corrected chi connectivity index (χ2v) is 5.45. The number of thiazole rings is 1. The van der Waals surface area contributed by atoms with Crippen LogP contribution in [0.1, 0.15) is 10.6 Å². The lowest BCUT2D eigenvalue weighted by molar-refractivity contribution is 0.414. The van der Waals surface area contributed by atoms with E-state index in [1.165, 1.54) is 0 Å². The molecule has 0 saturated heterocycles. The van der Waals surface area contributed by atoms with Gasteiger partial charge in [-0.2, -0.15) is 0 Å². The van der Waals surface area contributed by atoms with Gasteiger partial charge in [0.05, 0.1) is 13.7 Å². The number of nitrogens with zero attached hydrogens (tertiary/aromatic N) is 3. The molecule has 0 saturated carbocycles. The number of aromatic nitrogens is 2. The third kappa shape index (κ3) is 3.35. The van der Waals surface area contributed by atoms with Crippen molar-refractivity contribution in [3.8, 4) is 5.75 Å². The number of pyridine rings is 1. The van der Waals surface area contributed by atoms with E-state index in [2.05, 4.69) is 15.3 Å². The van der Waals surface area contributed by atoms with Gasteiger partial charge in [-0.1, -0.05) is 0 Å². The van der Waals surface area contributed by atoms with E-state index in [1.54, 1.807) is 18.4 Å². The average molecular weight is 278 g/mol. The van der Waals surface area contributed by atoms with Gasteiger partial charge in [-0.25, -0.2) is 9.97 Å². The molecule has 2 aromatic heterocycles. The lowest BCUT2D eigenvalue weighted by atomic mass is 10.3. The van der Waals surface area contributed by atoms with E-state index in [0.29, 0.717) is 6.54 Å². The van der Waals surface area contributed by atoms with Crippen LogP contribution in [0.25, 0.3) is 0 Å². The number of aryl methyl sites for hydroxylation is 1. The highest BCUT2D eigenvalue weighted by Gasteiger charge is 2.07. The van der Waals surface area contributed by atoms with Gasteiger partial charge in [-0.05, 0) is 19.1 Å². The lowest BCUT2D eigenvalue weighted by Gasteiger charge is -2.10. The molecule has 0 aromatic carbocycles. The van der Waals surface area contributed by atoms with Gasteiger partial charge in [0, 0.05) is 30.9 Å². The molecule has 0 aliphatic rings. The van der Waals surface area contributed by atoms with E-state index in [-0.39, 0.29) is 0 Å². The minimum absolute atomic E-state index is 0.693. The summed E-state index contributed by atoms with van der Waals surface area (Å²) < 4.78 is 5.29. The molecule has 102 valence electrons. The first-order valence-corrected chi connectivity index (χ1v) is 6.79. The fraction of sp³-hybridized carbons (Fsp3) is 0.385. The van der Waals surface area contributed by atoms with E-state index in [9.17, 15) is 0 Å². The maximum atomic E-state index is 5.29. The average Bonchev–Trinajstić information content (AvgIpc) is 2.85. The van der Waals surface area contributed by atoms with E-state index < -0.39 is 0 Å². The van der Waals surface area contributed by atoms with E-state index in [4.69, 9.17) is 4.74 Å². The summed E-state index contributed by atoms with van der Waals surface area (Å²) in [6.45, 7) is 2.65. The maximum Gasteiger partial charge on any atom is 0.185 e. The summed E-state index contributed by atoms with van der Waals surface area (Å²) in [7, 11) is 5.62. The summed E-state index contributed by atoms with van der Waals surface area (Å²) in [5, 5.41) is 4.29. The molecule has 0 amide bonds. The van der Waals surface area contributed by atoms with Crippen molar-refractivity contribution < 1.29 is 4.74 Å². The zero-order valence-corrected chi connectivity index (χ0v) is 12.4. The fourth-order valence-electron chi connectivity index (χ4n) is 1.59. The Bertz CT molecular complexity index is 553. The van der Waals surface area contributed by atoms with Crippen LogP contribution in [0.2, 0.25) is 0 Å².